The molecular formula is C50H61Cl5N12O6S2. The van der Waals surface area contributed by atoms with Gasteiger partial charge in [0, 0.05) is 60.5 Å². The van der Waals surface area contributed by atoms with Crippen molar-refractivity contribution >= 4 is 118 Å². The molecule has 10 rings (SSSR count). The first-order valence-corrected chi connectivity index (χ1v) is 30.7. The highest BCUT2D eigenvalue weighted by molar-refractivity contribution is 7.92. The molecule has 4 aliphatic rings. The van der Waals surface area contributed by atoms with Gasteiger partial charge in [-0.2, -0.15) is 14.7 Å². The molecule has 4 aliphatic heterocycles. The lowest BCUT2D eigenvalue weighted by molar-refractivity contribution is 0.0600. The number of carbonyl (C=O) groups is 2. The van der Waals surface area contributed by atoms with Crippen LogP contribution in [0, 0.1) is 11.8 Å². The molecule has 0 radical (unpaired) electrons. The summed E-state index contributed by atoms with van der Waals surface area (Å²) in [7, 11) is -7.17. The highest BCUT2D eigenvalue weighted by atomic mass is 35.5. The Labute approximate surface area is 462 Å². The van der Waals surface area contributed by atoms with Gasteiger partial charge in [0.2, 0.25) is 20.0 Å². The Hall–Kier alpha value is -4.67. The molecule has 0 unspecified atom stereocenters. The fourth-order valence-electron chi connectivity index (χ4n) is 10.1. The van der Waals surface area contributed by atoms with Crippen molar-refractivity contribution in [1.82, 2.24) is 44.3 Å². The van der Waals surface area contributed by atoms with Crippen molar-refractivity contribution in [2.24, 2.45) is 11.8 Å². The molecule has 2 aromatic carbocycles. The van der Waals surface area contributed by atoms with E-state index < -0.39 is 20.0 Å². The van der Waals surface area contributed by atoms with Gasteiger partial charge in [-0.25, -0.2) is 31.3 Å². The number of amides is 2. The van der Waals surface area contributed by atoms with Crippen molar-refractivity contribution in [2.45, 2.75) is 90.1 Å². The fraction of sp³-hybridized carbons (Fsp3) is 0.480. The van der Waals surface area contributed by atoms with Crippen LogP contribution in [0.3, 0.4) is 0 Å². The summed E-state index contributed by atoms with van der Waals surface area (Å²) >= 11 is 30.9. The summed E-state index contributed by atoms with van der Waals surface area (Å²) in [5.74, 6) is 1.76. The number of carbonyl (C=O) groups excluding carboxylic acids is 2. The second kappa shape index (κ2) is 24.3. The van der Waals surface area contributed by atoms with Gasteiger partial charge in [-0.05, 0) is 126 Å². The van der Waals surface area contributed by atoms with Crippen molar-refractivity contribution < 1.29 is 26.4 Å². The molecule has 2 amide bonds. The number of nitrogens with one attached hydrogen (secondary N) is 3. The zero-order valence-corrected chi connectivity index (χ0v) is 47.5. The van der Waals surface area contributed by atoms with Gasteiger partial charge < -0.3 is 20.0 Å². The molecule has 8 heterocycles. The maximum absolute atomic E-state index is 13.8. The molecular weight excluding hydrogens is 1110 g/mol. The van der Waals surface area contributed by atoms with E-state index >= 15 is 0 Å². The molecule has 4 atom stereocenters. The average Bonchev–Trinajstić information content (AvgIpc) is 4.00. The number of likely N-dealkylation sites (tertiary alicyclic amines) is 2. The van der Waals surface area contributed by atoms with Crippen LogP contribution in [-0.4, -0.2) is 119 Å². The molecule has 0 aliphatic carbocycles. The number of halogens is 5. The van der Waals surface area contributed by atoms with Gasteiger partial charge in [0.05, 0.1) is 58.5 Å². The standard InChI is InChI=1S/C25H30Cl2N6O3S.C19H18Cl3N5O3S.C6H13N/c1-16-6-5-10-31(15-16)24-14-22(27)28-23-13-20(29-33(23)24)21-7-3-4-11-32(21)25(34)18-12-17(26)8-9-19(18)30-37(2,35)36;1-31(29,30)25-13-6-5-11(20)8-12(13)19(28)26-7-3-2-4-15(26)14-9-18-23-16(21)10-17(22)27(18)24-14;1-6-3-2-4-7-5-6/h8-9,12-14,16,21,30H,3-7,10-11,15H2,1-2H3;5-6,8-10,15,25H,2-4,7H2,1H3;6-7H,2-5H2,1H3/t16-,21+;15-;6-/m101/s1. The third-order valence-electron chi connectivity index (χ3n) is 13.5. The molecule has 0 spiro atoms. The van der Waals surface area contributed by atoms with Gasteiger partial charge in [-0.15, -0.1) is 0 Å². The van der Waals surface area contributed by atoms with E-state index in [-0.39, 0.29) is 51.6 Å². The van der Waals surface area contributed by atoms with Crippen molar-refractivity contribution in [3.8, 4) is 0 Å². The van der Waals surface area contributed by atoms with Crippen LogP contribution in [0.25, 0.3) is 11.3 Å². The summed E-state index contributed by atoms with van der Waals surface area (Å²) in [5.41, 5.74) is 3.23. The molecule has 4 aromatic heterocycles. The van der Waals surface area contributed by atoms with Crippen LogP contribution < -0.4 is 19.7 Å². The molecule has 0 saturated carbocycles. The van der Waals surface area contributed by atoms with Crippen molar-refractivity contribution in [3.63, 3.8) is 0 Å². The Bertz CT molecular complexity index is 3280. The van der Waals surface area contributed by atoms with E-state index in [4.69, 9.17) is 63.1 Å². The summed E-state index contributed by atoms with van der Waals surface area (Å²) in [6, 6.07) is 15.4. The normalized spacial score (nSPS) is 20.5. The average molecular weight is 1170 g/mol. The minimum atomic E-state index is -3.59. The number of aromatic nitrogens is 6. The molecule has 4 fully saturated rings. The maximum atomic E-state index is 13.8. The summed E-state index contributed by atoms with van der Waals surface area (Å²) in [6.07, 6.45) is 12.1. The number of fused-ring (bicyclic) bond motifs is 2. The van der Waals surface area contributed by atoms with Crippen molar-refractivity contribution in [2.75, 3.05) is 66.1 Å². The van der Waals surface area contributed by atoms with Gasteiger partial charge in [0.1, 0.15) is 21.3 Å². The van der Waals surface area contributed by atoms with E-state index in [1.54, 1.807) is 21.9 Å². The van der Waals surface area contributed by atoms with Gasteiger partial charge in [0.15, 0.2) is 11.3 Å². The number of hydrogen-bond acceptors (Lipinski definition) is 12. The molecule has 4 saturated heterocycles. The molecule has 3 N–H and O–H groups in total. The minimum Gasteiger partial charge on any atom is -0.356 e. The van der Waals surface area contributed by atoms with Crippen molar-refractivity contribution in [1.29, 1.82) is 0 Å². The summed E-state index contributed by atoms with van der Waals surface area (Å²) in [6.45, 7) is 9.87. The van der Waals surface area contributed by atoms with Crippen molar-refractivity contribution in [3.05, 3.63) is 109 Å². The largest absolute Gasteiger partial charge is 0.356 e. The molecule has 6 aromatic rings. The van der Waals surface area contributed by atoms with Crippen LogP contribution in [0.15, 0.2) is 60.7 Å². The molecule has 404 valence electrons. The third-order valence-corrected chi connectivity index (χ3v) is 15.8. The van der Waals surface area contributed by atoms with Crippen LogP contribution in [-0.2, 0) is 20.0 Å². The number of rotatable bonds is 9. The van der Waals surface area contributed by atoms with Crippen LogP contribution in [0.1, 0.15) is 122 Å². The first kappa shape index (κ1) is 56.5. The predicted octanol–water partition coefficient (Wildman–Crippen LogP) is 10.4. The van der Waals surface area contributed by atoms with E-state index in [1.807, 2.05) is 16.6 Å². The zero-order chi connectivity index (χ0) is 53.8. The van der Waals surface area contributed by atoms with E-state index in [1.165, 1.54) is 73.3 Å². The van der Waals surface area contributed by atoms with E-state index in [2.05, 4.69) is 48.6 Å². The van der Waals surface area contributed by atoms with Crippen LogP contribution in [0.2, 0.25) is 25.5 Å². The summed E-state index contributed by atoms with van der Waals surface area (Å²) in [5, 5.41) is 14.4. The Kier molecular flexibility index (Phi) is 18.3. The van der Waals surface area contributed by atoms with Crippen LogP contribution in [0.4, 0.5) is 17.2 Å². The Balaban J connectivity index is 0.000000178. The number of benzene rings is 2. The van der Waals surface area contributed by atoms with Gasteiger partial charge >= 0.3 is 0 Å². The maximum Gasteiger partial charge on any atom is 0.256 e. The van der Waals surface area contributed by atoms with Gasteiger partial charge in [-0.3, -0.25) is 19.0 Å². The first-order valence-electron chi connectivity index (χ1n) is 25.0. The Morgan fingerprint density at radius 1 is 0.600 bits per heavy atom. The Morgan fingerprint density at radius 2 is 1.11 bits per heavy atom. The topological polar surface area (TPSA) is 209 Å². The monoisotopic (exact) mass is 1160 g/mol. The lowest BCUT2D eigenvalue weighted by Gasteiger charge is -2.35. The van der Waals surface area contributed by atoms with Gasteiger partial charge in [-0.1, -0.05) is 71.9 Å². The summed E-state index contributed by atoms with van der Waals surface area (Å²) < 4.78 is 55.5. The zero-order valence-electron chi connectivity index (χ0n) is 42.1. The van der Waals surface area contributed by atoms with Crippen LogP contribution in [0.5, 0.6) is 0 Å². The lowest BCUT2D eigenvalue weighted by atomic mass is 9.98. The quantitative estimate of drug-likeness (QED) is 0.116. The number of piperidine rings is 4. The summed E-state index contributed by atoms with van der Waals surface area (Å²) in [4.78, 5) is 41.8. The Morgan fingerprint density at radius 3 is 1.59 bits per heavy atom. The predicted molar refractivity (Wildman–Crippen MR) is 298 cm³/mol. The second-order valence-electron chi connectivity index (χ2n) is 19.8. The molecule has 0 bridgehead atoms. The van der Waals surface area contributed by atoms with E-state index in [0.29, 0.717) is 62.8 Å². The third kappa shape index (κ3) is 14.5. The second-order valence-corrected chi connectivity index (χ2v) is 25.3. The number of nitrogens with zero attached hydrogens (tertiary/aromatic N) is 9. The number of hydrogen-bond donors (Lipinski definition) is 3. The highest BCUT2D eigenvalue weighted by Crippen LogP contribution is 2.37. The van der Waals surface area contributed by atoms with E-state index in [0.717, 1.165) is 81.6 Å². The highest BCUT2D eigenvalue weighted by Gasteiger charge is 2.35. The van der Waals surface area contributed by atoms with Crippen LogP contribution >= 0.6 is 58.0 Å². The minimum absolute atomic E-state index is 0.174. The number of anilines is 3. The first-order chi connectivity index (χ1) is 35.6. The smallest absolute Gasteiger partial charge is 0.256 e. The molecule has 25 heteroatoms. The SMILES string of the molecule is CS(=O)(=O)Nc1ccc(Cl)cc1C(=O)N1CCCC[C@H]1c1cc2nc(Cl)cc(Cl)n2n1.C[C@@H]1CCCN(c2cc(Cl)nc3cc([C@@H]4CCCCN4C(=O)c4cc(Cl)ccc4NS(C)(=O)=O)nn23)C1.C[C@@H]1CCCNC1. The van der Waals surface area contributed by atoms with Gasteiger partial charge in [0.25, 0.3) is 11.8 Å². The molecule has 75 heavy (non-hydrogen) atoms. The molecule has 18 nitrogen and oxygen atoms in total. The fourth-order valence-corrected chi connectivity index (χ4v) is 12.2. The number of sulfonamides is 2. The van der Waals surface area contributed by atoms with E-state index in [9.17, 15) is 26.4 Å². The lowest BCUT2D eigenvalue weighted by Crippen LogP contribution is -2.39.